The van der Waals surface area contributed by atoms with Gasteiger partial charge in [0.25, 0.3) is 5.91 Å². The SMILES string of the molecule is Cn1nc(-c2cnc(C(=O)NCCN3CCCC3)s2)c2ccc(N3CCCCCC3)nc21. The predicted molar refractivity (Wildman–Crippen MR) is 128 cm³/mol. The Hall–Kier alpha value is -2.52. The van der Waals surface area contributed by atoms with Crippen molar-refractivity contribution in [3.63, 3.8) is 0 Å². The van der Waals surface area contributed by atoms with Crippen molar-refractivity contribution >= 4 is 34.1 Å². The molecule has 3 aromatic heterocycles. The summed E-state index contributed by atoms with van der Waals surface area (Å²) in [4.78, 5) is 27.5. The van der Waals surface area contributed by atoms with E-state index in [0.29, 0.717) is 11.6 Å². The molecule has 2 aliphatic heterocycles. The lowest BCUT2D eigenvalue weighted by Gasteiger charge is -2.21. The Morgan fingerprint density at radius 2 is 1.81 bits per heavy atom. The fourth-order valence-electron chi connectivity index (χ4n) is 4.68. The molecule has 0 atom stereocenters. The molecule has 0 saturated carbocycles. The number of amides is 1. The second-order valence-corrected chi connectivity index (χ2v) is 9.78. The standard InChI is InChI=1S/C23H31N7OS/c1-28-21-17(8-9-19(26-21)30-13-4-2-3-5-14-30)20(27-28)18-16-25-23(32-18)22(31)24-10-15-29-11-6-7-12-29/h8-9,16H,2-7,10-15H2,1H3,(H,24,31). The number of thiazole rings is 1. The topological polar surface area (TPSA) is 79.2 Å². The van der Waals surface area contributed by atoms with Crippen LogP contribution in [-0.2, 0) is 7.05 Å². The molecule has 1 amide bonds. The first kappa shape index (κ1) is 21.3. The Morgan fingerprint density at radius 1 is 1.06 bits per heavy atom. The number of pyridine rings is 1. The molecule has 2 saturated heterocycles. The lowest BCUT2D eigenvalue weighted by atomic mass is 10.2. The van der Waals surface area contributed by atoms with Gasteiger partial charge in [0, 0.05) is 44.8 Å². The van der Waals surface area contributed by atoms with Gasteiger partial charge < -0.3 is 15.1 Å². The van der Waals surface area contributed by atoms with Crippen LogP contribution < -0.4 is 10.2 Å². The number of likely N-dealkylation sites (tertiary alicyclic amines) is 1. The first-order valence-corrected chi connectivity index (χ1v) is 12.6. The Morgan fingerprint density at radius 3 is 2.59 bits per heavy atom. The van der Waals surface area contributed by atoms with Gasteiger partial charge in [0.1, 0.15) is 11.5 Å². The molecule has 0 aromatic carbocycles. The minimum absolute atomic E-state index is 0.109. The van der Waals surface area contributed by atoms with Crippen LogP contribution in [0.25, 0.3) is 21.6 Å². The minimum atomic E-state index is -0.109. The van der Waals surface area contributed by atoms with E-state index in [1.807, 2.05) is 11.7 Å². The summed E-state index contributed by atoms with van der Waals surface area (Å²) in [5.41, 5.74) is 1.71. The second kappa shape index (κ2) is 9.54. The van der Waals surface area contributed by atoms with Crippen molar-refractivity contribution in [1.82, 2.24) is 30.0 Å². The van der Waals surface area contributed by atoms with Gasteiger partial charge in [0.2, 0.25) is 0 Å². The van der Waals surface area contributed by atoms with Crippen LogP contribution in [0.2, 0.25) is 0 Å². The molecule has 8 nitrogen and oxygen atoms in total. The largest absolute Gasteiger partial charge is 0.357 e. The second-order valence-electron chi connectivity index (χ2n) is 8.75. The Bertz CT molecular complexity index is 1080. The van der Waals surface area contributed by atoms with Gasteiger partial charge >= 0.3 is 0 Å². The number of nitrogens with zero attached hydrogens (tertiary/aromatic N) is 6. The van der Waals surface area contributed by atoms with E-state index >= 15 is 0 Å². The summed E-state index contributed by atoms with van der Waals surface area (Å²) in [6.45, 7) is 5.96. The zero-order chi connectivity index (χ0) is 21.9. The summed E-state index contributed by atoms with van der Waals surface area (Å²) in [5.74, 6) is 0.915. The third-order valence-corrected chi connectivity index (χ3v) is 7.45. The van der Waals surface area contributed by atoms with Crippen LogP contribution in [0.5, 0.6) is 0 Å². The van der Waals surface area contributed by atoms with Crippen molar-refractivity contribution in [2.75, 3.05) is 44.2 Å². The molecule has 0 radical (unpaired) electrons. The summed E-state index contributed by atoms with van der Waals surface area (Å²) >= 11 is 1.39. The highest BCUT2D eigenvalue weighted by Gasteiger charge is 2.19. The van der Waals surface area contributed by atoms with Crippen molar-refractivity contribution in [2.24, 2.45) is 7.05 Å². The van der Waals surface area contributed by atoms with E-state index in [9.17, 15) is 4.79 Å². The maximum Gasteiger partial charge on any atom is 0.280 e. The molecule has 3 aromatic rings. The summed E-state index contributed by atoms with van der Waals surface area (Å²) in [7, 11) is 1.93. The number of rotatable bonds is 6. The van der Waals surface area contributed by atoms with Crippen molar-refractivity contribution < 1.29 is 4.79 Å². The molecule has 9 heteroatoms. The Kier molecular flexibility index (Phi) is 6.36. The summed E-state index contributed by atoms with van der Waals surface area (Å²) < 4.78 is 1.83. The number of aryl methyl sites for hydroxylation is 1. The molecular weight excluding hydrogens is 422 g/mol. The van der Waals surface area contributed by atoms with Gasteiger partial charge in [-0.25, -0.2) is 14.6 Å². The number of carbonyl (C=O) groups excluding carboxylic acids is 1. The van der Waals surface area contributed by atoms with Gasteiger partial charge in [-0.3, -0.25) is 4.79 Å². The predicted octanol–water partition coefficient (Wildman–Crippen LogP) is 3.30. The van der Waals surface area contributed by atoms with E-state index < -0.39 is 0 Å². The van der Waals surface area contributed by atoms with Gasteiger partial charge in [-0.05, 0) is 50.9 Å². The Balaban J connectivity index is 1.31. The number of anilines is 1. The highest BCUT2D eigenvalue weighted by Crippen LogP contribution is 2.32. The number of carbonyl (C=O) groups is 1. The van der Waals surface area contributed by atoms with E-state index in [0.717, 1.165) is 60.1 Å². The normalized spacial score (nSPS) is 17.7. The molecule has 2 aliphatic rings. The molecule has 170 valence electrons. The van der Waals surface area contributed by atoms with Crippen LogP contribution in [-0.4, -0.2) is 69.8 Å². The lowest BCUT2D eigenvalue weighted by Crippen LogP contribution is -2.33. The number of hydrogen-bond acceptors (Lipinski definition) is 7. The lowest BCUT2D eigenvalue weighted by molar-refractivity contribution is 0.0949. The fraction of sp³-hybridized carbons (Fsp3) is 0.565. The van der Waals surface area contributed by atoms with Crippen molar-refractivity contribution in [3.05, 3.63) is 23.3 Å². The number of nitrogens with one attached hydrogen (secondary N) is 1. The molecule has 0 bridgehead atoms. The van der Waals surface area contributed by atoms with Crippen molar-refractivity contribution in [2.45, 2.75) is 38.5 Å². The van der Waals surface area contributed by atoms with Gasteiger partial charge in [-0.2, -0.15) is 5.10 Å². The first-order valence-electron chi connectivity index (χ1n) is 11.7. The van der Waals surface area contributed by atoms with Crippen LogP contribution in [0.1, 0.15) is 48.3 Å². The molecule has 5 heterocycles. The highest BCUT2D eigenvalue weighted by atomic mass is 32.1. The van der Waals surface area contributed by atoms with Gasteiger partial charge in [-0.1, -0.05) is 12.8 Å². The molecule has 1 N–H and O–H groups in total. The van der Waals surface area contributed by atoms with Gasteiger partial charge in [0.05, 0.1) is 4.88 Å². The van der Waals surface area contributed by atoms with Gasteiger partial charge in [0.15, 0.2) is 10.7 Å². The van der Waals surface area contributed by atoms with Crippen LogP contribution in [0, 0.1) is 0 Å². The minimum Gasteiger partial charge on any atom is -0.357 e. The zero-order valence-corrected chi connectivity index (χ0v) is 19.5. The monoisotopic (exact) mass is 453 g/mol. The molecule has 0 unspecified atom stereocenters. The molecular formula is C23H31N7OS. The highest BCUT2D eigenvalue weighted by molar-refractivity contribution is 7.17. The zero-order valence-electron chi connectivity index (χ0n) is 18.7. The van der Waals surface area contributed by atoms with E-state index in [1.165, 1.54) is 49.9 Å². The fourth-order valence-corrected chi connectivity index (χ4v) is 5.51. The summed E-state index contributed by atoms with van der Waals surface area (Å²) in [6.07, 6.45) is 9.32. The Labute approximate surface area is 192 Å². The first-order chi connectivity index (χ1) is 15.7. The van der Waals surface area contributed by atoms with E-state index in [1.54, 1.807) is 6.20 Å². The number of aromatic nitrogens is 4. The third kappa shape index (κ3) is 4.49. The van der Waals surface area contributed by atoms with Crippen LogP contribution >= 0.6 is 11.3 Å². The molecule has 5 rings (SSSR count). The van der Waals surface area contributed by atoms with Crippen LogP contribution in [0.3, 0.4) is 0 Å². The molecule has 0 spiro atoms. The van der Waals surface area contributed by atoms with E-state index in [4.69, 9.17) is 10.1 Å². The number of hydrogen-bond donors (Lipinski definition) is 1. The van der Waals surface area contributed by atoms with Crippen molar-refractivity contribution in [1.29, 1.82) is 0 Å². The summed E-state index contributed by atoms with van der Waals surface area (Å²) in [6, 6.07) is 4.21. The van der Waals surface area contributed by atoms with E-state index in [-0.39, 0.29) is 5.91 Å². The quantitative estimate of drug-likeness (QED) is 0.617. The average Bonchev–Trinajstić information content (AvgIpc) is 3.51. The maximum absolute atomic E-state index is 12.6. The van der Waals surface area contributed by atoms with Gasteiger partial charge in [-0.15, -0.1) is 11.3 Å². The molecule has 32 heavy (non-hydrogen) atoms. The van der Waals surface area contributed by atoms with E-state index in [2.05, 4.69) is 32.2 Å². The third-order valence-electron chi connectivity index (χ3n) is 6.45. The van der Waals surface area contributed by atoms with Crippen LogP contribution in [0.15, 0.2) is 18.3 Å². The van der Waals surface area contributed by atoms with Crippen LogP contribution in [0.4, 0.5) is 5.82 Å². The molecule has 2 fully saturated rings. The smallest absolute Gasteiger partial charge is 0.280 e. The van der Waals surface area contributed by atoms with Crippen molar-refractivity contribution in [3.8, 4) is 10.6 Å². The average molecular weight is 454 g/mol. The summed E-state index contributed by atoms with van der Waals surface area (Å²) in [5, 5.41) is 9.20. The molecule has 0 aliphatic carbocycles. The maximum atomic E-state index is 12.6. The number of fused-ring (bicyclic) bond motifs is 1.